The number of hydrogen-bond acceptors (Lipinski definition) is 6. The van der Waals surface area contributed by atoms with Crippen LogP contribution in [0.1, 0.15) is 0 Å². The molecule has 0 spiro atoms. The molecule has 4 aromatic rings. The van der Waals surface area contributed by atoms with Gasteiger partial charge in [0, 0.05) is 30.3 Å². The van der Waals surface area contributed by atoms with Gasteiger partial charge in [0.25, 0.3) is 0 Å². The fourth-order valence-electron chi connectivity index (χ4n) is 3.09. The van der Waals surface area contributed by atoms with Crippen LogP contribution in [0, 0.1) is 0 Å². The molecule has 142 valence electrons. The third-order valence-corrected chi connectivity index (χ3v) is 4.45. The second kappa shape index (κ2) is 7.70. The molecule has 0 aliphatic carbocycles. The maximum Gasteiger partial charge on any atom is 0.204 e. The first-order chi connectivity index (χ1) is 13.7. The summed E-state index contributed by atoms with van der Waals surface area (Å²) in [6.07, 6.45) is 1.74. The first kappa shape index (κ1) is 18.0. The molecule has 0 radical (unpaired) electrons. The normalized spacial score (nSPS) is 11.1. The van der Waals surface area contributed by atoms with Crippen molar-refractivity contribution >= 4 is 21.9 Å². The van der Waals surface area contributed by atoms with Crippen LogP contribution < -0.4 is 14.9 Å². The first-order valence-electron chi connectivity index (χ1n) is 8.83. The molecule has 0 aliphatic rings. The van der Waals surface area contributed by atoms with Crippen LogP contribution in [-0.4, -0.2) is 32.4 Å². The Morgan fingerprint density at radius 1 is 1.04 bits per heavy atom. The Bertz CT molecular complexity index is 1200. The van der Waals surface area contributed by atoms with E-state index in [0.717, 1.165) is 16.5 Å². The van der Waals surface area contributed by atoms with Gasteiger partial charge in [0.2, 0.25) is 5.75 Å². The number of rotatable bonds is 6. The molecule has 0 atom stereocenters. The van der Waals surface area contributed by atoms with E-state index in [1.54, 1.807) is 25.4 Å². The van der Waals surface area contributed by atoms with Gasteiger partial charge < -0.3 is 18.6 Å². The summed E-state index contributed by atoms with van der Waals surface area (Å²) < 4.78 is 22.3. The van der Waals surface area contributed by atoms with Crippen molar-refractivity contribution in [1.82, 2.24) is 4.98 Å². The monoisotopic (exact) mass is 377 g/mol. The van der Waals surface area contributed by atoms with Crippen molar-refractivity contribution in [2.75, 3.05) is 27.4 Å². The molecule has 0 saturated heterocycles. The zero-order valence-electron chi connectivity index (χ0n) is 15.6. The Labute approximate surface area is 161 Å². The van der Waals surface area contributed by atoms with Crippen molar-refractivity contribution in [3.63, 3.8) is 0 Å². The van der Waals surface area contributed by atoms with Crippen LogP contribution in [0.3, 0.4) is 0 Å². The minimum atomic E-state index is -0.149. The third-order valence-electron chi connectivity index (χ3n) is 4.45. The number of fused-ring (bicyclic) bond motifs is 2. The average molecular weight is 377 g/mol. The van der Waals surface area contributed by atoms with Gasteiger partial charge in [-0.3, -0.25) is 9.78 Å². The van der Waals surface area contributed by atoms with E-state index < -0.39 is 0 Å². The maximum atomic E-state index is 12.7. The molecule has 2 aromatic heterocycles. The highest BCUT2D eigenvalue weighted by Crippen LogP contribution is 2.36. The Hall–Kier alpha value is -3.38. The van der Waals surface area contributed by atoms with Gasteiger partial charge in [-0.2, -0.15) is 0 Å². The van der Waals surface area contributed by atoms with Gasteiger partial charge >= 0.3 is 0 Å². The van der Waals surface area contributed by atoms with Gasteiger partial charge in [-0.05, 0) is 36.4 Å². The number of ether oxygens (including phenoxy) is 3. The highest BCUT2D eigenvalue weighted by molar-refractivity contribution is 5.88. The summed E-state index contributed by atoms with van der Waals surface area (Å²) in [5.74, 6) is 1.33. The zero-order valence-corrected chi connectivity index (χ0v) is 15.6. The number of pyridine rings is 1. The minimum Gasteiger partial charge on any atom is -0.490 e. The van der Waals surface area contributed by atoms with Crippen LogP contribution in [0.25, 0.3) is 33.2 Å². The number of hydrogen-bond donors (Lipinski definition) is 0. The average Bonchev–Trinajstić information content (AvgIpc) is 2.73. The molecule has 2 heterocycles. The second-order valence-corrected chi connectivity index (χ2v) is 6.20. The molecule has 4 rings (SSSR count). The molecule has 2 aromatic carbocycles. The van der Waals surface area contributed by atoms with E-state index >= 15 is 0 Å². The van der Waals surface area contributed by atoms with Gasteiger partial charge in [-0.25, -0.2) is 0 Å². The van der Waals surface area contributed by atoms with Crippen molar-refractivity contribution in [2.24, 2.45) is 0 Å². The Kier molecular flexibility index (Phi) is 4.95. The minimum absolute atomic E-state index is 0.149. The number of aromatic nitrogens is 1. The molecule has 0 bridgehead atoms. The molecule has 0 aliphatic heterocycles. The topological polar surface area (TPSA) is 70.8 Å². The first-order valence-corrected chi connectivity index (χ1v) is 8.83. The highest BCUT2D eigenvalue weighted by Gasteiger charge is 2.16. The van der Waals surface area contributed by atoms with Crippen molar-refractivity contribution in [3.05, 3.63) is 65.0 Å². The van der Waals surface area contributed by atoms with Crippen molar-refractivity contribution in [2.45, 2.75) is 0 Å². The molecule has 0 fully saturated rings. The molecule has 0 amide bonds. The van der Waals surface area contributed by atoms with E-state index in [9.17, 15) is 4.79 Å². The molecule has 6 nitrogen and oxygen atoms in total. The summed E-state index contributed by atoms with van der Waals surface area (Å²) in [5, 5.41) is 1.40. The van der Waals surface area contributed by atoms with Crippen LogP contribution >= 0.6 is 0 Å². The predicted octanol–water partition coefficient (Wildman–Crippen LogP) is 4.04. The van der Waals surface area contributed by atoms with Gasteiger partial charge in [0.05, 0.1) is 24.6 Å². The van der Waals surface area contributed by atoms with Gasteiger partial charge in [-0.15, -0.1) is 0 Å². The van der Waals surface area contributed by atoms with E-state index in [2.05, 4.69) is 4.98 Å². The van der Waals surface area contributed by atoms with Crippen molar-refractivity contribution in [1.29, 1.82) is 0 Å². The van der Waals surface area contributed by atoms with E-state index in [1.807, 2.05) is 30.3 Å². The van der Waals surface area contributed by atoms with Gasteiger partial charge in [0.15, 0.2) is 16.8 Å². The summed E-state index contributed by atoms with van der Waals surface area (Å²) in [6, 6.07) is 14.4. The number of methoxy groups -OCH3 is 2. The molecular weight excluding hydrogens is 358 g/mol. The summed E-state index contributed by atoms with van der Waals surface area (Å²) in [4.78, 5) is 17.0. The zero-order chi connectivity index (χ0) is 19.5. The smallest absolute Gasteiger partial charge is 0.204 e. The molecular formula is C22H19NO5. The van der Waals surface area contributed by atoms with Crippen LogP contribution in [-0.2, 0) is 4.74 Å². The van der Waals surface area contributed by atoms with E-state index in [1.165, 1.54) is 13.2 Å². The van der Waals surface area contributed by atoms with Crippen LogP contribution in [0.5, 0.6) is 11.5 Å². The maximum absolute atomic E-state index is 12.7. The van der Waals surface area contributed by atoms with E-state index in [0.29, 0.717) is 41.4 Å². The van der Waals surface area contributed by atoms with Crippen molar-refractivity contribution in [3.8, 4) is 22.8 Å². The highest BCUT2D eigenvalue weighted by atomic mass is 16.5. The number of nitrogens with zero attached hydrogens (tertiary/aromatic N) is 1. The lowest BCUT2D eigenvalue weighted by molar-refractivity contribution is 0.144. The lowest BCUT2D eigenvalue weighted by Crippen LogP contribution is -2.07. The lowest BCUT2D eigenvalue weighted by Gasteiger charge is -2.13. The predicted molar refractivity (Wildman–Crippen MR) is 107 cm³/mol. The summed E-state index contributed by atoms with van der Waals surface area (Å²) in [5.41, 5.74) is 1.86. The molecule has 0 unspecified atom stereocenters. The Balaban J connectivity index is 1.86. The molecule has 0 saturated carbocycles. The fourth-order valence-corrected chi connectivity index (χ4v) is 3.09. The third kappa shape index (κ3) is 3.30. The molecule has 6 heteroatoms. The second-order valence-electron chi connectivity index (χ2n) is 6.20. The van der Waals surface area contributed by atoms with Crippen molar-refractivity contribution < 1.29 is 18.6 Å². The quantitative estimate of drug-likeness (QED) is 0.472. The lowest BCUT2D eigenvalue weighted by atomic mass is 10.1. The molecule has 0 N–H and O–H groups in total. The van der Waals surface area contributed by atoms with Gasteiger partial charge in [0.1, 0.15) is 12.4 Å². The summed E-state index contributed by atoms with van der Waals surface area (Å²) in [6.45, 7) is 0.802. The summed E-state index contributed by atoms with van der Waals surface area (Å²) >= 11 is 0. The number of benzene rings is 2. The van der Waals surface area contributed by atoms with Crippen LogP contribution in [0.2, 0.25) is 0 Å². The van der Waals surface area contributed by atoms with E-state index in [-0.39, 0.29) is 5.43 Å². The Morgan fingerprint density at radius 3 is 2.75 bits per heavy atom. The summed E-state index contributed by atoms with van der Waals surface area (Å²) in [7, 11) is 3.12. The molecule has 28 heavy (non-hydrogen) atoms. The van der Waals surface area contributed by atoms with Crippen LogP contribution in [0.15, 0.2) is 63.9 Å². The van der Waals surface area contributed by atoms with E-state index in [4.69, 9.17) is 18.6 Å². The van der Waals surface area contributed by atoms with Gasteiger partial charge in [-0.1, -0.05) is 6.07 Å². The Morgan fingerprint density at radius 2 is 1.93 bits per heavy atom. The fraction of sp³-hybridized carbons (Fsp3) is 0.182. The SMILES string of the molecule is COCCOc1ccc2c(=O)cc(-c3ccc4ncccc4c3)oc2c1OC. The largest absolute Gasteiger partial charge is 0.490 e. The standard InChI is InChI=1S/C22H19NO5/c1-25-10-11-27-19-8-6-16-18(24)13-20(28-21(16)22(19)26-2)15-5-7-17-14(12-15)4-3-9-23-17/h3-9,12-13H,10-11H2,1-2H3. The van der Waals surface area contributed by atoms with Crippen LogP contribution in [0.4, 0.5) is 0 Å².